The smallest absolute Gasteiger partial charge is 0.412 e. The molecule has 0 radical (unpaired) electrons. The number of carbonyl (C=O) groups excluding carboxylic acids is 2. The van der Waals surface area contributed by atoms with Crippen LogP contribution in [0.5, 0.6) is 0 Å². The highest BCUT2D eigenvalue weighted by Crippen LogP contribution is 2.57. The van der Waals surface area contributed by atoms with E-state index in [0.29, 0.717) is 76.9 Å². The van der Waals surface area contributed by atoms with E-state index >= 15 is 4.79 Å². The van der Waals surface area contributed by atoms with Crippen LogP contribution >= 0.6 is 0 Å². The normalized spacial score (nSPS) is 37.9. The first-order chi connectivity index (χ1) is 38.7. The lowest BCUT2D eigenvalue weighted by atomic mass is 9.78. The van der Waals surface area contributed by atoms with E-state index in [4.69, 9.17) is 58.4 Å². The van der Waals surface area contributed by atoms with Gasteiger partial charge in [-0.05, 0) is 97.7 Å². The van der Waals surface area contributed by atoms with Crippen molar-refractivity contribution in [1.29, 1.82) is 0 Å². The third-order valence-corrected chi connectivity index (χ3v) is 32.0. The van der Waals surface area contributed by atoms with Gasteiger partial charge in [0.25, 0.3) is 0 Å². The Kier molecular flexibility index (Phi) is 20.8. The quantitative estimate of drug-likeness (QED) is 0.0758. The number of fused-ring (bicyclic) bond motifs is 5. The number of ether oxygens (including phenoxy) is 8. The molecule has 0 aromatic carbocycles. The lowest BCUT2D eigenvalue weighted by Crippen LogP contribution is -2.61. The Morgan fingerprint density at radius 3 is 2.19 bits per heavy atom. The fraction of sp³-hybridized carbons (Fsp3) is 0.862. The predicted octanol–water partition coefficient (Wildman–Crippen LogP) is 14.3. The van der Waals surface area contributed by atoms with E-state index in [2.05, 4.69) is 122 Å². The summed E-state index contributed by atoms with van der Waals surface area (Å²) in [7, 11) is -6.20. The molecular weight excluding hydrogens is 1100 g/mol. The molecule has 3 spiro atoms. The van der Waals surface area contributed by atoms with E-state index in [1.807, 2.05) is 23.1 Å². The van der Waals surface area contributed by atoms with Crippen LogP contribution < -0.4 is 0 Å². The molecule has 2 bridgehead atoms. The highest BCUT2D eigenvalue weighted by molar-refractivity contribution is 6.76. The van der Waals surface area contributed by atoms with Gasteiger partial charge in [-0.3, -0.25) is 14.5 Å². The van der Waals surface area contributed by atoms with Crippen molar-refractivity contribution in [3.8, 4) is 0 Å². The molecule has 1 amide bonds. The first-order valence-electron chi connectivity index (χ1n) is 32.5. The average Bonchev–Trinajstić information content (AvgIpc) is 1.87. The van der Waals surface area contributed by atoms with Crippen molar-refractivity contribution in [1.82, 2.24) is 4.90 Å². The number of amides is 1. The third-order valence-electron chi connectivity index (χ3n) is 21.2. The Hall–Kier alpha value is -2.08. The minimum Gasteiger partial charge on any atom is -0.481 e. The molecule has 7 saturated heterocycles. The lowest BCUT2D eigenvalue weighted by molar-refractivity contribution is -0.366. The number of carboxylic acid groups (broad SMARTS) is 1. The minimum atomic E-state index is -2.43. The number of nitrogens with zero attached hydrogens (tertiary/aromatic N) is 1. The molecule has 0 aromatic heterocycles. The van der Waals surface area contributed by atoms with Crippen molar-refractivity contribution in [2.24, 2.45) is 35.5 Å². The van der Waals surface area contributed by atoms with Crippen LogP contribution in [-0.4, -0.2) is 144 Å². The molecule has 1 N–H and O–H groups in total. The fourth-order valence-electron chi connectivity index (χ4n) is 15.2. The topological polar surface area (TPSA) is 167 Å². The van der Waals surface area contributed by atoms with Gasteiger partial charge in [-0.25, -0.2) is 4.79 Å². The Morgan fingerprint density at radius 2 is 1.53 bits per heavy atom. The van der Waals surface area contributed by atoms with Gasteiger partial charge >= 0.3 is 12.1 Å². The summed E-state index contributed by atoms with van der Waals surface area (Å²) in [5.74, 6) is -3.25. The van der Waals surface area contributed by atoms with Gasteiger partial charge in [0.15, 0.2) is 45.5 Å². The molecule has 15 nitrogen and oxygen atoms in total. The average molecular weight is 1210 g/mol. The van der Waals surface area contributed by atoms with Crippen molar-refractivity contribution in [3.63, 3.8) is 0 Å². The molecule has 83 heavy (non-hydrogen) atoms. The molecule has 0 saturated carbocycles. The van der Waals surface area contributed by atoms with Crippen LogP contribution in [0.4, 0.5) is 4.79 Å². The van der Waals surface area contributed by atoms with Crippen LogP contribution in [0.1, 0.15) is 167 Å². The standard InChI is InChI=1S/C65H111NO14Si3/c1-19-83(20-2,21-3)79-59(52-37-51-50(72-52)36-48(10)65(76-51)30-29-62(80-65)28-24-26-49(73-62)25-22-23-27-55(67)68)56(69)44(6)35-45(7)57(78-82(17,18)61(11,12)13)46(8)39-63-38-42(4)34-53(74-63)58-54(75-63)40-64(77-58)47(9)33-43(5)41-66(64)60(70)71-31-32-81(14,15)16/h22,24-26,42-45,47-54,57-59H,8,19-21,23,27-41H2,1-7,9-18H3,(H,67,68)/b25-22+/t42-,43+,44+,45-,47-,48+,49+,50+,51+,52-,53+,54+,57-,58+,59+,62-,63-,64-,65+/m0/s1. The highest BCUT2D eigenvalue weighted by Gasteiger charge is 2.65. The zero-order valence-corrected chi connectivity index (χ0v) is 57.3. The van der Waals surface area contributed by atoms with Gasteiger partial charge in [-0.1, -0.05) is 134 Å². The SMILES string of the molecule is C=C(C[C@@]12C[C@@H](C)C[C@@H](O1)[C@H]1O[C@@]3(C[C@H]1O2)[C@@H](C)C[C@@H](C)CN3C(=O)OCC[Si](C)(C)C)[C@@H](O[Si](C)(C)C(C)(C)C)[C@@H](C)C[C@@H](C)C(=O)[C@H](O[Si](CC)(CC)CC)[C@@H]1C[C@H]2O[C@@]3(CC[C@]4(CC=C[C@@H](/C=C/CCC(=O)O)O4)O3)[C@H](C)C[C@H]2O1. The molecule has 0 aromatic rings. The molecule has 19 atom stereocenters. The Morgan fingerprint density at radius 1 is 0.831 bits per heavy atom. The van der Waals surface area contributed by atoms with Crippen LogP contribution in [0.25, 0.3) is 0 Å². The van der Waals surface area contributed by atoms with Gasteiger partial charge < -0.3 is 51.9 Å². The summed E-state index contributed by atoms with van der Waals surface area (Å²) >= 11 is 0. The van der Waals surface area contributed by atoms with E-state index in [0.717, 1.165) is 49.0 Å². The van der Waals surface area contributed by atoms with Gasteiger partial charge in [0, 0.05) is 83.7 Å². The zero-order valence-electron chi connectivity index (χ0n) is 54.3. The molecule has 472 valence electrons. The summed E-state index contributed by atoms with van der Waals surface area (Å²) in [6.45, 7) is 44.0. The number of allylic oxidation sites excluding steroid dienone is 1. The van der Waals surface area contributed by atoms with E-state index in [1.54, 1.807) is 0 Å². The molecule has 8 heterocycles. The monoisotopic (exact) mass is 1210 g/mol. The minimum absolute atomic E-state index is 0.00304. The maximum Gasteiger partial charge on any atom is 0.412 e. The van der Waals surface area contributed by atoms with E-state index in [1.165, 1.54) is 0 Å². The van der Waals surface area contributed by atoms with Crippen LogP contribution in [0.3, 0.4) is 0 Å². The summed E-state index contributed by atoms with van der Waals surface area (Å²) < 4.78 is 70.5. The molecule has 0 unspecified atom stereocenters. The van der Waals surface area contributed by atoms with Gasteiger partial charge in [0.2, 0.25) is 0 Å². The van der Waals surface area contributed by atoms with Crippen LogP contribution in [0.2, 0.25) is 61.9 Å². The molecule has 8 rings (SSSR count). The summed E-state index contributed by atoms with van der Waals surface area (Å²) in [5.41, 5.74) is 0.0516. The molecule has 18 heteroatoms. The molecular formula is C65H111NO14Si3. The summed E-state index contributed by atoms with van der Waals surface area (Å²) in [6.07, 6.45) is 12.0. The van der Waals surface area contributed by atoms with Gasteiger partial charge in [0.05, 0.1) is 49.3 Å². The number of ketones is 1. The number of Topliss-reactive ketones (excluding diaryl/α,β-unsaturated/α-hetero) is 1. The fourth-order valence-corrected chi connectivity index (χ4v) is 20.1. The largest absolute Gasteiger partial charge is 0.481 e. The second kappa shape index (κ2) is 25.8. The first-order valence-corrected chi connectivity index (χ1v) is 41.7. The number of aliphatic carboxylic acids is 1. The number of rotatable bonds is 23. The summed E-state index contributed by atoms with van der Waals surface area (Å²) in [4.78, 5) is 42.8. The van der Waals surface area contributed by atoms with E-state index in [-0.39, 0.29) is 95.7 Å². The zero-order chi connectivity index (χ0) is 60.9. The number of piperidine rings is 1. The summed E-state index contributed by atoms with van der Waals surface area (Å²) in [5, 5.41) is 9.04. The van der Waals surface area contributed by atoms with Crippen molar-refractivity contribution >= 4 is 42.6 Å². The van der Waals surface area contributed by atoms with Crippen molar-refractivity contribution in [2.45, 2.75) is 307 Å². The highest BCUT2D eigenvalue weighted by atomic mass is 28.4. The third kappa shape index (κ3) is 14.7. The Labute approximate surface area is 503 Å². The number of hydrogen-bond acceptors (Lipinski definition) is 13. The first kappa shape index (κ1) is 66.9. The second-order valence-corrected chi connectivity index (χ2v) is 45.4. The lowest BCUT2D eigenvalue weighted by Gasteiger charge is -2.52. The Balaban J connectivity index is 0.993. The second-order valence-electron chi connectivity index (χ2n) is 30.3. The van der Waals surface area contributed by atoms with Gasteiger partial charge in [0.1, 0.15) is 12.2 Å². The molecule has 7 fully saturated rings. The Bertz CT molecular complexity index is 2340. The number of carboxylic acids is 1. The van der Waals surface area contributed by atoms with E-state index in [9.17, 15) is 9.59 Å². The number of carbonyl (C=O) groups is 3. The van der Waals surface area contributed by atoms with Gasteiger partial charge in [-0.2, -0.15) is 0 Å². The van der Waals surface area contributed by atoms with Crippen molar-refractivity contribution < 1.29 is 66.2 Å². The van der Waals surface area contributed by atoms with Crippen LogP contribution in [0.15, 0.2) is 36.5 Å². The predicted molar refractivity (Wildman–Crippen MR) is 330 cm³/mol. The number of likely N-dealkylation sites (tertiary alicyclic amines) is 1. The van der Waals surface area contributed by atoms with Crippen molar-refractivity contribution in [2.75, 3.05) is 13.2 Å². The van der Waals surface area contributed by atoms with Crippen molar-refractivity contribution in [3.05, 3.63) is 36.5 Å². The molecule has 0 aliphatic carbocycles. The van der Waals surface area contributed by atoms with Crippen LogP contribution in [-0.2, 0) is 56.3 Å². The van der Waals surface area contributed by atoms with E-state index < -0.39 is 66.0 Å². The maximum absolute atomic E-state index is 15.6. The molecule has 8 aliphatic rings. The number of hydrogen-bond donors (Lipinski definition) is 1. The maximum atomic E-state index is 15.6. The van der Waals surface area contributed by atoms with Gasteiger partial charge in [-0.15, -0.1) is 0 Å². The molecule has 8 aliphatic heterocycles. The van der Waals surface area contributed by atoms with Crippen LogP contribution in [0, 0.1) is 35.5 Å². The summed E-state index contributed by atoms with van der Waals surface area (Å²) in [6, 6.07) is 3.60.